The van der Waals surface area contributed by atoms with Crippen molar-refractivity contribution in [1.82, 2.24) is 15.5 Å². The van der Waals surface area contributed by atoms with Gasteiger partial charge in [-0.2, -0.15) is 5.10 Å². The Hall–Kier alpha value is -2.73. The van der Waals surface area contributed by atoms with Crippen LogP contribution >= 0.6 is 11.6 Å². The molecule has 1 aromatic heterocycles. The van der Waals surface area contributed by atoms with E-state index in [9.17, 15) is 4.79 Å². The molecular formula is C18H16ClN3O3. The van der Waals surface area contributed by atoms with Crippen molar-refractivity contribution in [3.8, 4) is 11.5 Å². The van der Waals surface area contributed by atoms with Gasteiger partial charge in [-0.3, -0.25) is 9.89 Å². The minimum Gasteiger partial charge on any atom is -0.486 e. The van der Waals surface area contributed by atoms with Gasteiger partial charge >= 0.3 is 0 Å². The largest absolute Gasteiger partial charge is 0.486 e. The number of benzene rings is 2. The highest BCUT2D eigenvalue weighted by Crippen LogP contribution is 2.38. The quantitative estimate of drug-likeness (QED) is 0.752. The first-order chi connectivity index (χ1) is 12.2. The Balaban J connectivity index is 1.43. The summed E-state index contributed by atoms with van der Waals surface area (Å²) in [6.07, 6.45) is 2.34. The van der Waals surface area contributed by atoms with Crippen LogP contribution in [0.25, 0.3) is 10.9 Å². The van der Waals surface area contributed by atoms with E-state index in [0.29, 0.717) is 48.3 Å². The molecule has 3 aromatic rings. The van der Waals surface area contributed by atoms with Crippen LogP contribution in [0, 0.1) is 0 Å². The number of ether oxygens (including phenoxy) is 2. The van der Waals surface area contributed by atoms with Crippen molar-refractivity contribution < 1.29 is 14.3 Å². The second-order valence-corrected chi connectivity index (χ2v) is 6.15. The normalized spacial score (nSPS) is 13.0. The molecule has 1 amide bonds. The molecule has 128 valence electrons. The van der Waals surface area contributed by atoms with Crippen LogP contribution in [-0.2, 0) is 6.42 Å². The lowest BCUT2D eigenvalue weighted by atomic mass is 10.1. The zero-order chi connectivity index (χ0) is 17.2. The highest BCUT2D eigenvalue weighted by atomic mass is 35.5. The number of nitrogens with zero attached hydrogens (tertiary/aromatic N) is 1. The summed E-state index contributed by atoms with van der Waals surface area (Å²) in [5, 5.41) is 11.2. The summed E-state index contributed by atoms with van der Waals surface area (Å²) in [4.78, 5) is 12.4. The van der Waals surface area contributed by atoms with Crippen molar-refractivity contribution >= 4 is 28.4 Å². The van der Waals surface area contributed by atoms with Gasteiger partial charge in [-0.25, -0.2) is 0 Å². The number of amides is 1. The van der Waals surface area contributed by atoms with Crippen LogP contribution in [-0.4, -0.2) is 35.9 Å². The molecular weight excluding hydrogens is 342 g/mol. The molecule has 0 unspecified atom stereocenters. The summed E-state index contributed by atoms with van der Waals surface area (Å²) in [7, 11) is 0. The molecule has 2 N–H and O–H groups in total. The average molecular weight is 358 g/mol. The fourth-order valence-electron chi connectivity index (χ4n) is 2.88. The average Bonchev–Trinajstić information content (AvgIpc) is 3.10. The van der Waals surface area contributed by atoms with Crippen molar-refractivity contribution in [1.29, 1.82) is 0 Å². The molecule has 0 saturated heterocycles. The van der Waals surface area contributed by atoms with E-state index in [4.69, 9.17) is 21.1 Å². The van der Waals surface area contributed by atoms with E-state index in [-0.39, 0.29) is 5.91 Å². The molecule has 25 heavy (non-hydrogen) atoms. The van der Waals surface area contributed by atoms with Crippen molar-refractivity contribution in [3.05, 3.63) is 52.7 Å². The molecule has 6 nitrogen and oxygen atoms in total. The van der Waals surface area contributed by atoms with E-state index in [1.165, 1.54) is 0 Å². The predicted octanol–water partition coefficient (Wildman–Crippen LogP) is 2.96. The molecule has 7 heteroatoms. The minimum absolute atomic E-state index is 0.140. The SMILES string of the molecule is O=C(NCCc1cc(Cl)c2c(c1)OCCO2)c1cccc2cn[nH]c12. The van der Waals surface area contributed by atoms with E-state index in [1.54, 1.807) is 12.3 Å². The number of fused-ring (bicyclic) bond motifs is 2. The molecule has 0 fully saturated rings. The number of aromatic amines is 1. The van der Waals surface area contributed by atoms with Gasteiger partial charge in [0.15, 0.2) is 11.5 Å². The fraction of sp³-hybridized carbons (Fsp3) is 0.222. The molecule has 1 aliphatic rings. The van der Waals surface area contributed by atoms with E-state index in [1.807, 2.05) is 24.3 Å². The van der Waals surface area contributed by atoms with Crippen molar-refractivity contribution in [2.24, 2.45) is 0 Å². The van der Waals surface area contributed by atoms with Crippen molar-refractivity contribution in [3.63, 3.8) is 0 Å². The lowest BCUT2D eigenvalue weighted by Gasteiger charge is -2.20. The van der Waals surface area contributed by atoms with Gasteiger partial charge in [-0.1, -0.05) is 23.7 Å². The first-order valence-corrected chi connectivity index (χ1v) is 8.38. The fourth-order valence-corrected chi connectivity index (χ4v) is 3.17. The van der Waals surface area contributed by atoms with Gasteiger partial charge in [0.05, 0.1) is 22.3 Å². The number of H-pyrrole nitrogens is 1. The Morgan fingerprint density at radius 2 is 2.16 bits per heavy atom. The van der Waals surface area contributed by atoms with Gasteiger partial charge in [-0.15, -0.1) is 0 Å². The zero-order valence-electron chi connectivity index (χ0n) is 13.3. The lowest BCUT2D eigenvalue weighted by Crippen LogP contribution is -2.26. The molecule has 0 aliphatic carbocycles. The van der Waals surface area contributed by atoms with Gasteiger partial charge in [0, 0.05) is 11.9 Å². The molecule has 0 spiro atoms. The van der Waals surface area contributed by atoms with Crippen LogP contribution in [0.2, 0.25) is 5.02 Å². The van der Waals surface area contributed by atoms with Crippen molar-refractivity contribution in [2.75, 3.05) is 19.8 Å². The molecule has 0 saturated carbocycles. The molecule has 0 radical (unpaired) electrons. The predicted molar refractivity (Wildman–Crippen MR) is 94.6 cm³/mol. The molecule has 0 bridgehead atoms. The van der Waals surface area contributed by atoms with Gasteiger partial charge in [0.1, 0.15) is 13.2 Å². The molecule has 0 atom stereocenters. The Morgan fingerprint density at radius 3 is 3.08 bits per heavy atom. The standard InChI is InChI=1S/C18H16ClN3O3/c19-14-8-11(9-15-17(14)25-7-6-24-15)4-5-20-18(23)13-3-1-2-12-10-21-22-16(12)13/h1-3,8-10H,4-7H2,(H,20,23)(H,21,22). The molecule has 2 aromatic carbocycles. The van der Waals surface area contributed by atoms with Gasteiger partial charge < -0.3 is 14.8 Å². The zero-order valence-corrected chi connectivity index (χ0v) is 14.1. The Labute approximate surface area is 149 Å². The number of carbonyl (C=O) groups excluding carboxylic acids is 1. The minimum atomic E-state index is -0.140. The maximum absolute atomic E-state index is 12.4. The third-order valence-corrected chi connectivity index (χ3v) is 4.36. The summed E-state index contributed by atoms with van der Waals surface area (Å²) in [5.74, 6) is 1.10. The number of rotatable bonds is 4. The number of hydrogen-bond acceptors (Lipinski definition) is 4. The number of halogens is 1. The first-order valence-electron chi connectivity index (χ1n) is 8.01. The van der Waals surface area contributed by atoms with Crippen LogP contribution in [0.15, 0.2) is 36.5 Å². The highest BCUT2D eigenvalue weighted by Gasteiger charge is 2.17. The number of carbonyl (C=O) groups is 1. The summed E-state index contributed by atoms with van der Waals surface area (Å²) in [5.41, 5.74) is 2.30. The maximum Gasteiger partial charge on any atom is 0.253 e. The van der Waals surface area contributed by atoms with E-state index >= 15 is 0 Å². The molecule has 4 rings (SSSR count). The second-order valence-electron chi connectivity index (χ2n) is 5.75. The van der Waals surface area contributed by atoms with Crippen LogP contribution < -0.4 is 14.8 Å². The van der Waals surface area contributed by atoms with Gasteiger partial charge in [0.25, 0.3) is 5.91 Å². The van der Waals surface area contributed by atoms with Crippen LogP contribution in [0.3, 0.4) is 0 Å². The third kappa shape index (κ3) is 3.13. The third-order valence-electron chi connectivity index (χ3n) is 4.08. The van der Waals surface area contributed by atoms with E-state index in [0.717, 1.165) is 16.5 Å². The smallest absolute Gasteiger partial charge is 0.253 e. The van der Waals surface area contributed by atoms with Gasteiger partial charge in [-0.05, 0) is 30.2 Å². The number of aromatic nitrogens is 2. The maximum atomic E-state index is 12.4. The van der Waals surface area contributed by atoms with Crippen LogP contribution in [0.4, 0.5) is 0 Å². The number of hydrogen-bond donors (Lipinski definition) is 2. The summed E-state index contributed by atoms with van der Waals surface area (Å²) < 4.78 is 11.1. The molecule has 2 heterocycles. The summed E-state index contributed by atoms with van der Waals surface area (Å²) >= 11 is 6.23. The highest BCUT2D eigenvalue weighted by molar-refractivity contribution is 6.32. The number of para-hydroxylation sites is 1. The Bertz CT molecular complexity index is 938. The topological polar surface area (TPSA) is 76.2 Å². The monoisotopic (exact) mass is 357 g/mol. The summed E-state index contributed by atoms with van der Waals surface area (Å²) in [6.45, 7) is 1.50. The Morgan fingerprint density at radius 1 is 1.28 bits per heavy atom. The van der Waals surface area contributed by atoms with Crippen LogP contribution in [0.1, 0.15) is 15.9 Å². The van der Waals surface area contributed by atoms with Crippen LogP contribution in [0.5, 0.6) is 11.5 Å². The second kappa shape index (κ2) is 6.64. The summed E-state index contributed by atoms with van der Waals surface area (Å²) in [6, 6.07) is 9.27. The molecule has 1 aliphatic heterocycles. The van der Waals surface area contributed by atoms with Crippen molar-refractivity contribution in [2.45, 2.75) is 6.42 Å². The first kappa shape index (κ1) is 15.8. The van der Waals surface area contributed by atoms with E-state index < -0.39 is 0 Å². The Kier molecular flexibility index (Phi) is 4.19. The van der Waals surface area contributed by atoms with Gasteiger partial charge in [0.2, 0.25) is 0 Å². The van der Waals surface area contributed by atoms with E-state index in [2.05, 4.69) is 15.5 Å². The number of nitrogens with one attached hydrogen (secondary N) is 2. The lowest BCUT2D eigenvalue weighted by molar-refractivity contribution is 0.0955.